The van der Waals surface area contributed by atoms with Crippen molar-refractivity contribution in [2.75, 3.05) is 0 Å². The molecular formula is C9H10N4O3. The van der Waals surface area contributed by atoms with Gasteiger partial charge in [0.1, 0.15) is 6.20 Å². The van der Waals surface area contributed by atoms with Crippen molar-refractivity contribution in [2.45, 2.75) is 13.5 Å². The van der Waals surface area contributed by atoms with E-state index in [4.69, 9.17) is 0 Å². The Labute approximate surface area is 90.1 Å². The first kappa shape index (κ1) is 10.3. The highest BCUT2D eigenvalue weighted by Gasteiger charge is 2.14. The molecule has 2 aromatic rings. The summed E-state index contributed by atoms with van der Waals surface area (Å²) in [7, 11) is 1.59. The fourth-order valence-corrected chi connectivity index (χ4v) is 1.67. The fourth-order valence-electron chi connectivity index (χ4n) is 1.67. The van der Waals surface area contributed by atoms with E-state index < -0.39 is 4.92 Å². The summed E-state index contributed by atoms with van der Waals surface area (Å²) in [6, 6.07) is 1.37. The summed E-state index contributed by atoms with van der Waals surface area (Å²) in [5.74, 6) is 0. The number of nitrogens with zero attached hydrogens (tertiary/aromatic N) is 4. The Bertz CT molecular complexity index is 625. The molecule has 0 spiro atoms. The van der Waals surface area contributed by atoms with Crippen molar-refractivity contribution in [3.8, 4) is 0 Å². The summed E-state index contributed by atoms with van der Waals surface area (Å²) in [6.07, 6.45) is 1.15. The second-order valence-corrected chi connectivity index (χ2v) is 3.38. The summed E-state index contributed by atoms with van der Waals surface area (Å²) in [5, 5.41) is 10.6. The second kappa shape index (κ2) is 3.44. The molecular weight excluding hydrogens is 212 g/mol. The monoisotopic (exact) mass is 222 g/mol. The van der Waals surface area contributed by atoms with Gasteiger partial charge >= 0.3 is 5.69 Å². The first-order chi connectivity index (χ1) is 7.56. The average molecular weight is 222 g/mol. The predicted octanol–water partition coefficient (Wildman–Crippen LogP) is 0.663. The van der Waals surface area contributed by atoms with E-state index in [9.17, 15) is 14.9 Å². The van der Waals surface area contributed by atoms with Crippen LogP contribution in [0.2, 0.25) is 0 Å². The Morgan fingerprint density at radius 1 is 1.56 bits per heavy atom. The summed E-state index contributed by atoms with van der Waals surface area (Å²) in [6.45, 7) is 2.26. The number of nitro groups is 1. The maximum absolute atomic E-state index is 11.7. The van der Waals surface area contributed by atoms with Crippen molar-refractivity contribution in [1.29, 1.82) is 0 Å². The molecule has 2 rings (SSSR count). The predicted molar refractivity (Wildman–Crippen MR) is 57.3 cm³/mol. The van der Waals surface area contributed by atoms with Gasteiger partial charge in [-0.3, -0.25) is 19.2 Å². The van der Waals surface area contributed by atoms with E-state index in [1.165, 1.54) is 15.2 Å². The molecule has 0 aliphatic rings. The molecule has 2 aromatic heterocycles. The van der Waals surface area contributed by atoms with Gasteiger partial charge in [0.15, 0.2) is 5.65 Å². The van der Waals surface area contributed by atoms with Gasteiger partial charge in [0.25, 0.3) is 5.69 Å². The third-order valence-corrected chi connectivity index (χ3v) is 2.49. The van der Waals surface area contributed by atoms with E-state index in [0.717, 1.165) is 6.20 Å². The van der Waals surface area contributed by atoms with E-state index in [1.54, 1.807) is 14.0 Å². The van der Waals surface area contributed by atoms with Crippen LogP contribution in [0.5, 0.6) is 0 Å². The molecule has 0 aromatic carbocycles. The third-order valence-electron chi connectivity index (χ3n) is 2.49. The molecule has 0 bridgehead atoms. The minimum Gasteiger partial charge on any atom is -0.290 e. The van der Waals surface area contributed by atoms with Crippen LogP contribution < -0.4 is 5.69 Å². The van der Waals surface area contributed by atoms with Crippen molar-refractivity contribution in [3.63, 3.8) is 0 Å². The van der Waals surface area contributed by atoms with Gasteiger partial charge in [0.05, 0.1) is 10.4 Å². The SMILES string of the molecule is CCn1c(=O)n(C)c2ncc([N+](=O)[O-])cc21. The Morgan fingerprint density at radius 3 is 2.81 bits per heavy atom. The maximum atomic E-state index is 11.7. The number of rotatable bonds is 2. The number of hydrogen-bond acceptors (Lipinski definition) is 4. The topological polar surface area (TPSA) is 83.0 Å². The van der Waals surface area contributed by atoms with Crippen molar-refractivity contribution in [3.05, 3.63) is 32.9 Å². The smallest absolute Gasteiger partial charge is 0.290 e. The molecule has 7 nitrogen and oxygen atoms in total. The maximum Gasteiger partial charge on any atom is 0.330 e. The van der Waals surface area contributed by atoms with E-state index in [-0.39, 0.29) is 11.4 Å². The molecule has 0 radical (unpaired) electrons. The third kappa shape index (κ3) is 1.28. The van der Waals surface area contributed by atoms with E-state index in [1.807, 2.05) is 0 Å². The summed E-state index contributed by atoms with van der Waals surface area (Å²) >= 11 is 0. The minimum atomic E-state index is -0.524. The van der Waals surface area contributed by atoms with Crippen LogP contribution in [-0.2, 0) is 13.6 Å². The highest BCUT2D eigenvalue weighted by molar-refractivity contribution is 5.74. The molecule has 7 heteroatoms. The number of pyridine rings is 1. The van der Waals surface area contributed by atoms with Gasteiger partial charge < -0.3 is 0 Å². The lowest BCUT2D eigenvalue weighted by Gasteiger charge is -1.96. The van der Waals surface area contributed by atoms with Gasteiger partial charge in [-0.15, -0.1) is 0 Å². The van der Waals surface area contributed by atoms with Crippen LogP contribution in [-0.4, -0.2) is 19.0 Å². The number of fused-ring (bicyclic) bond motifs is 1. The Morgan fingerprint density at radius 2 is 2.25 bits per heavy atom. The van der Waals surface area contributed by atoms with Crippen LogP contribution in [0.15, 0.2) is 17.1 Å². The molecule has 0 aliphatic carbocycles. The molecule has 0 fully saturated rings. The van der Waals surface area contributed by atoms with Crippen molar-refractivity contribution in [1.82, 2.24) is 14.1 Å². The first-order valence-electron chi connectivity index (χ1n) is 4.76. The highest BCUT2D eigenvalue weighted by Crippen LogP contribution is 2.16. The van der Waals surface area contributed by atoms with Crippen molar-refractivity contribution < 1.29 is 4.92 Å². The zero-order chi connectivity index (χ0) is 11.9. The average Bonchev–Trinajstić information content (AvgIpc) is 2.51. The van der Waals surface area contributed by atoms with Crippen molar-refractivity contribution in [2.24, 2.45) is 7.05 Å². The lowest BCUT2D eigenvalue weighted by atomic mass is 10.4. The van der Waals surface area contributed by atoms with Gasteiger partial charge in [-0.1, -0.05) is 0 Å². The van der Waals surface area contributed by atoms with Crippen LogP contribution in [0.4, 0.5) is 5.69 Å². The number of aryl methyl sites for hydroxylation is 2. The van der Waals surface area contributed by atoms with Gasteiger partial charge in [0, 0.05) is 19.7 Å². The van der Waals surface area contributed by atoms with Crippen LogP contribution >= 0.6 is 0 Å². The largest absolute Gasteiger partial charge is 0.330 e. The summed E-state index contributed by atoms with van der Waals surface area (Å²) in [5.41, 5.74) is 0.618. The first-order valence-corrected chi connectivity index (χ1v) is 4.76. The van der Waals surface area contributed by atoms with E-state index in [2.05, 4.69) is 4.98 Å². The zero-order valence-electron chi connectivity index (χ0n) is 8.88. The number of imidazole rings is 1. The van der Waals surface area contributed by atoms with Gasteiger partial charge in [-0.2, -0.15) is 0 Å². The molecule has 0 aliphatic heterocycles. The molecule has 0 saturated heterocycles. The van der Waals surface area contributed by atoms with Gasteiger partial charge in [-0.25, -0.2) is 9.78 Å². The van der Waals surface area contributed by atoms with Crippen LogP contribution in [0, 0.1) is 10.1 Å². The molecule has 0 amide bonds. The fraction of sp³-hybridized carbons (Fsp3) is 0.333. The molecule has 84 valence electrons. The normalized spacial score (nSPS) is 10.9. The van der Waals surface area contributed by atoms with Crippen molar-refractivity contribution >= 4 is 16.9 Å². The van der Waals surface area contributed by atoms with Crippen LogP contribution in [0.25, 0.3) is 11.2 Å². The Balaban J connectivity index is 2.87. The van der Waals surface area contributed by atoms with E-state index >= 15 is 0 Å². The minimum absolute atomic E-state index is 0.111. The lowest BCUT2D eigenvalue weighted by molar-refractivity contribution is -0.385. The molecule has 0 N–H and O–H groups in total. The van der Waals surface area contributed by atoms with Gasteiger partial charge in [-0.05, 0) is 6.92 Å². The molecule has 0 unspecified atom stereocenters. The Hall–Kier alpha value is -2.18. The summed E-state index contributed by atoms with van der Waals surface area (Å²) < 4.78 is 2.83. The summed E-state index contributed by atoms with van der Waals surface area (Å²) in [4.78, 5) is 25.7. The van der Waals surface area contributed by atoms with Crippen LogP contribution in [0.3, 0.4) is 0 Å². The highest BCUT2D eigenvalue weighted by atomic mass is 16.6. The van der Waals surface area contributed by atoms with Gasteiger partial charge in [0.2, 0.25) is 0 Å². The Kier molecular flexibility index (Phi) is 2.22. The lowest BCUT2D eigenvalue weighted by Crippen LogP contribution is -2.21. The molecule has 0 saturated carbocycles. The molecule has 0 atom stereocenters. The second-order valence-electron chi connectivity index (χ2n) is 3.38. The molecule has 16 heavy (non-hydrogen) atoms. The number of hydrogen-bond donors (Lipinski definition) is 0. The number of aromatic nitrogens is 3. The zero-order valence-corrected chi connectivity index (χ0v) is 8.88. The van der Waals surface area contributed by atoms with E-state index in [0.29, 0.717) is 17.7 Å². The quantitative estimate of drug-likeness (QED) is 0.552. The van der Waals surface area contributed by atoms with Crippen LogP contribution in [0.1, 0.15) is 6.92 Å². The standard InChI is InChI=1S/C9H10N4O3/c1-3-12-7-4-6(13(15)16)5-10-8(7)11(2)9(12)14/h4-5H,3H2,1-2H3. The molecule has 2 heterocycles.